The van der Waals surface area contributed by atoms with Crippen molar-refractivity contribution in [3.63, 3.8) is 0 Å². The van der Waals surface area contributed by atoms with Gasteiger partial charge in [0, 0.05) is 44.2 Å². The monoisotopic (exact) mass is 779 g/mol. The molecule has 18 heteroatoms. The fourth-order valence-corrected chi connectivity index (χ4v) is 7.20. The van der Waals surface area contributed by atoms with Crippen LogP contribution in [0.15, 0.2) is 89.7 Å². The first-order valence-corrected chi connectivity index (χ1v) is 18.3. The van der Waals surface area contributed by atoms with Gasteiger partial charge in [0.2, 0.25) is 5.95 Å². The van der Waals surface area contributed by atoms with E-state index >= 15 is 0 Å². The number of aliphatic hydroxyl groups is 3. The molecule has 296 valence electrons. The summed E-state index contributed by atoms with van der Waals surface area (Å²) in [6, 6.07) is 21.2. The van der Waals surface area contributed by atoms with E-state index in [1.54, 1.807) is 48.5 Å². The van der Waals surface area contributed by atoms with Crippen LogP contribution >= 0.6 is 0 Å². The lowest BCUT2D eigenvalue weighted by Gasteiger charge is -2.22. The number of rotatable bonds is 12. The predicted molar refractivity (Wildman–Crippen MR) is 203 cm³/mol. The van der Waals surface area contributed by atoms with Crippen LogP contribution in [0.25, 0.3) is 11.2 Å². The van der Waals surface area contributed by atoms with Crippen molar-refractivity contribution in [1.29, 1.82) is 0 Å². The molecule has 2 aliphatic rings. The molecule has 6 aromatic rings. The first-order valence-electron chi connectivity index (χ1n) is 18.3. The number of urea groups is 1. The van der Waals surface area contributed by atoms with Gasteiger partial charge in [0.1, 0.15) is 41.3 Å². The summed E-state index contributed by atoms with van der Waals surface area (Å²) in [6.07, 6.45) is -3.06. The Balaban J connectivity index is 1.08. The van der Waals surface area contributed by atoms with E-state index in [9.17, 15) is 35.4 Å². The summed E-state index contributed by atoms with van der Waals surface area (Å²) in [5.41, 5.74) is 3.41. The number of amides is 2. The molecule has 18 nitrogen and oxygen atoms in total. The Bertz CT molecular complexity index is 2290. The Hall–Kier alpha value is -6.47. The third-order valence-electron chi connectivity index (χ3n) is 10.2. The zero-order chi connectivity index (χ0) is 39.6. The molecule has 1 unspecified atom stereocenters. The topological polar surface area (TPSA) is 257 Å². The van der Waals surface area contributed by atoms with Crippen molar-refractivity contribution in [3.8, 4) is 17.2 Å². The number of benzene rings is 3. The number of carbonyl (C=O) groups excluding carboxylic acids is 1. The first kappa shape index (κ1) is 37.5. The molecule has 2 aliphatic heterocycles. The summed E-state index contributed by atoms with van der Waals surface area (Å²) in [5, 5.41) is 74.6. The van der Waals surface area contributed by atoms with Crippen molar-refractivity contribution < 1.29 is 44.7 Å². The van der Waals surface area contributed by atoms with Crippen molar-refractivity contribution in [2.24, 2.45) is 0 Å². The molecule has 0 aliphatic carbocycles. The number of nitrogens with one attached hydrogen (secondary N) is 3. The number of ether oxygens (including phenoxy) is 1. The number of carbonyl (C=O) groups is 1. The number of aliphatic hydroxyl groups excluding tert-OH is 3. The maximum absolute atomic E-state index is 12.8. The van der Waals surface area contributed by atoms with Crippen LogP contribution in [-0.4, -0.2) is 99.2 Å². The van der Waals surface area contributed by atoms with Crippen LogP contribution in [0.5, 0.6) is 17.2 Å². The minimum Gasteiger partial charge on any atom is -0.508 e. The summed E-state index contributed by atoms with van der Waals surface area (Å²) >= 11 is 0. The number of phenols is 3. The number of imidazole rings is 1. The van der Waals surface area contributed by atoms with Crippen LogP contribution in [0.1, 0.15) is 52.8 Å². The van der Waals surface area contributed by atoms with Gasteiger partial charge in [-0.25, -0.2) is 9.78 Å². The fourth-order valence-electron chi connectivity index (χ4n) is 7.20. The number of fused-ring (bicyclic) bond motifs is 1. The van der Waals surface area contributed by atoms with E-state index in [1.165, 1.54) is 17.0 Å². The molecule has 5 heterocycles. The fraction of sp³-hybridized carbons (Fsp3) is 0.308. The lowest BCUT2D eigenvalue weighted by molar-refractivity contribution is -0.0434. The molecule has 2 saturated heterocycles. The Morgan fingerprint density at radius 3 is 2.33 bits per heavy atom. The summed E-state index contributed by atoms with van der Waals surface area (Å²) in [7, 11) is 0. The van der Waals surface area contributed by atoms with E-state index in [0.717, 1.165) is 16.7 Å². The van der Waals surface area contributed by atoms with Crippen LogP contribution < -0.4 is 20.9 Å². The number of aromatic hydroxyl groups is 3. The van der Waals surface area contributed by atoms with Crippen LogP contribution in [-0.2, 0) is 17.9 Å². The molecule has 9 N–H and O–H groups in total. The van der Waals surface area contributed by atoms with E-state index in [2.05, 4.69) is 26.1 Å². The molecular formula is C39H41N9O9. The van der Waals surface area contributed by atoms with Crippen molar-refractivity contribution in [1.82, 2.24) is 35.3 Å². The summed E-state index contributed by atoms with van der Waals surface area (Å²) in [4.78, 5) is 29.2. The lowest BCUT2D eigenvalue weighted by Crippen LogP contribution is -2.43. The van der Waals surface area contributed by atoms with Crippen molar-refractivity contribution >= 4 is 29.0 Å². The van der Waals surface area contributed by atoms with Gasteiger partial charge in [-0.15, -0.1) is 0 Å². The van der Waals surface area contributed by atoms with E-state index < -0.39 is 24.5 Å². The molecule has 0 radical (unpaired) electrons. The molecule has 0 bridgehead atoms. The van der Waals surface area contributed by atoms with Crippen molar-refractivity contribution in [2.75, 3.05) is 29.9 Å². The van der Waals surface area contributed by atoms with Crippen LogP contribution in [0.2, 0.25) is 0 Å². The number of hydrogen-bond acceptors (Lipinski definition) is 15. The smallest absolute Gasteiger partial charge is 0.315 e. The Morgan fingerprint density at radius 2 is 1.65 bits per heavy atom. The number of anilines is 2. The molecule has 8 rings (SSSR count). The average Bonchev–Trinajstić information content (AvgIpc) is 4.03. The maximum Gasteiger partial charge on any atom is 0.315 e. The van der Waals surface area contributed by atoms with Crippen molar-refractivity contribution in [3.05, 3.63) is 113 Å². The third-order valence-corrected chi connectivity index (χ3v) is 10.2. The van der Waals surface area contributed by atoms with Gasteiger partial charge in [-0.05, 0) is 59.5 Å². The van der Waals surface area contributed by atoms with Gasteiger partial charge in [-0.2, -0.15) is 9.97 Å². The normalized spacial score (nSPS) is 20.7. The van der Waals surface area contributed by atoms with E-state index in [1.807, 2.05) is 29.2 Å². The largest absolute Gasteiger partial charge is 0.508 e. The highest BCUT2D eigenvalue weighted by Gasteiger charge is 2.47. The number of phenolic OH excluding ortho intramolecular Hbond substituents is 3. The second-order valence-corrected chi connectivity index (χ2v) is 14.0. The van der Waals surface area contributed by atoms with Crippen LogP contribution in [0.4, 0.5) is 16.6 Å². The number of aromatic nitrogens is 5. The lowest BCUT2D eigenvalue weighted by atomic mass is 9.91. The standard InChI is InChI=1S/C39H41N9O9/c49-19-25-15-30(57-46-25)34-32(53)33(54)37(56-34)48-20-42-31-35(40-17-29(22-4-8-26(50)9-5-22)23-6-10-27(51)11-7-23)44-38(45-36(31)48)47-13-12-24(18-47)43-39(55)41-16-21-2-1-3-28(52)14-21/h1-11,14-15,20,24,29,32-34,37,49-54H,12-13,16-19H2,(H,40,44,45)(H2,41,43,55)/t24?,32-,33+,34+,37+/m0/s1. The molecule has 3 aromatic carbocycles. The van der Waals surface area contributed by atoms with E-state index in [-0.39, 0.29) is 59.8 Å². The van der Waals surface area contributed by atoms with Crippen molar-refractivity contribution in [2.45, 2.75) is 56.1 Å². The minimum absolute atomic E-state index is 0.112. The summed E-state index contributed by atoms with van der Waals surface area (Å²) < 4.78 is 13.0. The molecule has 0 spiro atoms. The quantitative estimate of drug-likeness (QED) is 0.0866. The van der Waals surface area contributed by atoms with Gasteiger partial charge in [0.15, 0.2) is 29.0 Å². The molecule has 5 atom stereocenters. The van der Waals surface area contributed by atoms with Gasteiger partial charge in [-0.1, -0.05) is 41.6 Å². The number of hydrogen-bond donors (Lipinski definition) is 9. The second kappa shape index (κ2) is 15.9. The van der Waals surface area contributed by atoms with Gasteiger partial charge >= 0.3 is 6.03 Å². The maximum atomic E-state index is 12.8. The Labute approximate surface area is 325 Å². The first-order chi connectivity index (χ1) is 27.6. The summed E-state index contributed by atoms with van der Waals surface area (Å²) in [5.74, 6) is 0.905. The van der Waals surface area contributed by atoms with Crippen LogP contribution in [0, 0.1) is 0 Å². The predicted octanol–water partition coefficient (Wildman–Crippen LogP) is 2.74. The minimum atomic E-state index is -1.43. The molecule has 2 amide bonds. The zero-order valence-electron chi connectivity index (χ0n) is 30.4. The molecule has 0 saturated carbocycles. The average molecular weight is 780 g/mol. The van der Waals surface area contributed by atoms with Crippen LogP contribution in [0.3, 0.4) is 0 Å². The SMILES string of the molecule is O=C(NCc1cccc(O)c1)NC1CCN(c2nc(NCC(c3ccc(O)cc3)c3ccc(O)cc3)c3ncn([C@@H]4O[C@H](c5cc(CO)no5)[C@@H](O)[C@H]4O)c3n2)C1. The van der Waals surface area contributed by atoms with Gasteiger partial charge in [0.25, 0.3) is 0 Å². The molecule has 2 fully saturated rings. The second-order valence-electron chi connectivity index (χ2n) is 14.0. The molecule has 3 aromatic heterocycles. The van der Waals surface area contributed by atoms with E-state index in [0.29, 0.717) is 49.0 Å². The highest BCUT2D eigenvalue weighted by atomic mass is 16.6. The Morgan fingerprint density at radius 1 is 0.912 bits per heavy atom. The highest BCUT2D eigenvalue weighted by Crippen LogP contribution is 2.41. The molecule has 57 heavy (non-hydrogen) atoms. The number of nitrogens with zero attached hydrogens (tertiary/aromatic N) is 6. The summed E-state index contributed by atoms with van der Waals surface area (Å²) in [6.45, 7) is 1.04. The van der Waals surface area contributed by atoms with E-state index in [4.69, 9.17) is 19.2 Å². The highest BCUT2D eigenvalue weighted by molar-refractivity contribution is 5.84. The molecular weight excluding hydrogens is 738 g/mol. The third kappa shape index (κ3) is 7.96. The van der Waals surface area contributed by atoms with Gasteiger partial charge in [-0.3, -0.25) is 4.57 Å². The van der Waals surface area contributed by atoms with Gasteiger partial charge < -0.3 is 60.7 Å². The zero-order valence-corrected chi connectivity index (χ0v) is 30.4. The Kier molecular flexibility index (Phi) is 10.5. The van der Waals surface area contributed by atoms with Gasteiger partial charge in [0.05, 0.1) is 12.9 Å².